The van der Waals surface area contributed by atoms with Crippen molar-refractivity contribution in [2.45, 2.75) is 12.4 Å². The van der Waals surface area contributed by atoms with Crippen molar-refractivity contribution < 1.29 is 18.2 Å². The largest absolute Gasteiger partial charge is 0.455 e. The summed E-state index contributed by atoms with van der Waals surface area (Å²) in [4.78, 5) is 17.4. The molecule has 0 aliphatic rings. The fourth-order valence-corrected chi connectivity index (χ4v) is 3.44. The Morgan fingerprint density at radius 2 is 2.21 bits per heavy atom. The number of nitrogens with zero attached hydrogens (tertiary/aromatic N) is 1. The van der Waals surface area contributed by atoms with E-state index in [0.717, 1.165) is 10.4 Å². The van der Waals surface area contributed by atoms with Gasteiger partial charge in [0.15, 0.2) is 0 Å². The van der Waals surface area contributed by atoms with Crippen molar-refractivity contribution in [2.75, 3.05) is 6.26 Å². The minimum Gasteiger partial charge on any atom is -0.455 e. The summed E-state index contributed by atoms with van der Waals surface area (Å²) in [6.45, 7) is 0.0393. The first kappa shape index (κ1) is 16.6. The average Bonchev–Trinajstić information content (AvgIpc) is 3.23. The molecule has 0 aliphatic heterocycles. The number of thiophene rings is 1. The number of carbonyl (C=O) groups is 1. The number of ether oxygens (including phenoxy) is 1. The van der Waals surface area contributed by atoms with E-state index in [-0.39, 0.29) is 6.61 Å². The quantitative estimate of drug-likeness (QED) is 0.627. The summed E-state index contributed by atoms with van der Waals surface area (Å²) < 4.78 is 21.9. The minimum absolute atomic E-state index is 0.0393. The number of oxazole rings is 1. The first-order valence-electron chi connectivity index (χ1n) is 7.16. The van der Waals surface area contributed by atoms with Crippen LogP contribution in [0.4, 0.5) is 0 Å². The van der Waals surface area contributed by atoms with E-state index in [1.807, 2.05) is 23.6 Å². The molecule has 0 saturated carbocycles. The zero-order chi connectivity index (χ0) is 16.9. The van der Waals surface area contributed by atoms with Gasteiger partial charge in [0.25, 0.3) is 0 Å². The predicted molar refractivity (Wildman–Crippen MR) is 93.1 cm³/mol. The van der Waals surface area contributed by atoms with Crippen molar-refractivity contribution in [1.82, 2.24) is 4.98 Å². The Morgan fingerprint density at radius 1 is 1.33 bits per heavy atom. The Morgan fingerprint density at radius 3 is 2.96 bits per heavy atom. The Bertz CT molecular complexity index is 855. The zero-order valence-electron chi connectivity index (χ0n) is 12.9. The number of rotatable bonds is 6. The lowest BCUT2D eigenvalue weighted by molar-refractivity contribution is 0.0467. The van der Waals surface area contributed by atoms with Crippen molar-refractivity contribution in [3.63, 3.8) is 0 Å². The molecule has 0 amide bonds. The molecule has 0 fully saturated rings. The third-order valence-corrected chi connectivity index (χ3v) is 4.77. The molecule has 0 bridgehead atoms. The van der Waals surface area contributed by atoms with Gasteiger partial charge in [0, 0.05) is 22.8 Å². The van der Waals surface area contributed by atoms with Crippen LogP contribution < -0.4 is 0 Å². The number of carbonyl (C=O) groups excluding carboxylic acids is 1. The van der Waals surface area contributed by atoms with Crippen molar-refractivity contribution in [2.24, 2.45) is 0 Å². The highest BCUT2D eigenvalue weighted by atomic mass is 32.2. The van der Waals surface area contributed by atoms with E-state index in [4.69, 9.17) is 9.15 Å². The molecule has 0 aliphatic carbocycles. The number of hydrogen-bond acceptors (Lipinski definition) is 6. The molecule has 1 atom stereocenters. The maximum absolute atomic E-state index is 12.1. The molecular formula is C17H15NO4S2. The molecule has 0 radical (unpaired) electrons. The van der Waals surface area contributed by atoms with Gasteiger partial charge in [-0.3, -0.25) is 4.21 Å². The van der Waals surface area contributed by atoms with Crippen LogP contribution in [-0.2, 0) is 27.9 Å². The number of aromatic nitrogens is 1. The lowest BCUT2D eigenvalue weighted by Gasteiger charge is -2.04. The van der Waals surface area contributed by atoms with Crippen LogP contribution in [-0.4, -0.2) is 21.4 Å². The summed E-state index contributed by atoms with van der Waals surface area (Å²) >= 11 is 1.53. The molecule has 3 aromatic rings. The molecule has 0 spiro atoms. The van der Waals surface area contributed by atoms with Gasteiger partial charge in [0.05, 0.1) is 10.4 Å². The Labute approximate surface area is 145 Å². The van der Waals surface area contributed by atoms with Gasteiger partial charge < -0.3 is 9.15 Å². The topological polar surface area (TPSA) is 69.4 Å². The third-order valence-electron chi connectivity index (χ3n) is 3.17. The molecule has 1 aromatic carbocycles. The fourth-order valence-electron chi connectivity index (χ4n) is 2.13. The van der Waals surface area contributed by atoms with E-state index in [1.165, 1.54) is 17.6 Å². The molecule has 7 heteroatoms. The molecule has 3 rings (SSSR count). The van der Waals surface area contributed by atoms with Crippen LogP contribution in [0.1, 0.15) is 21.6 Å². The van der Waals surface area contributed by atoms with Crippen molar-refractivity contribution in [3.8, 4) is 10.8 Å². The molecule has 24 heavy (non-hydrogen) atoms. The van der Waals surface area contributed by atoms with Crippen molar-refractivity contribution in [3.05, 3.63) is 64.9 Å². The van der Waals surface area contributed by atoms with Gasteiger partial charge in [-0.05, 0) is 29.1 Å². The molecule has 0 N–H and O–H groups in total. The van der Waals surface area contributed by atoms with Gasteiger partial charge in [-0.1, -0.05) is 18.2 Å². The summed E-state index contributed by atoms with van der Waals surface area (Å²) in [6, 6.07) is 10.8. The molecule has 2 heterocycles. The summed E-state index contributed by atoms with van der Waals surface area (Å²) in [5.74, 6) is 0.483. The molecule has 124 valence electrons. The van der Waals surface area contributed by atoms with Crippen LogP contribution in [0.3, 0.4) is 0 Å². The van der Waals surface area contributed by atoms with E-state index in [9.17, 15) is 9.00 Å². The number of benzene rings is 1. The van der Waals surface area contributed by atoms with E-state index in [2.05, 4.69) is 4.98 Å². The predicted octanol–water partition coefficient (Wildman–Crippen LogP) is 3.64. The summed E-state index contributed by atoms with van der Waals surface area (Å²) in [5, 5.41) is 1.94. The van der Waals surface area contributed by atoms with Crippen LogP contribution in [0.15, 0.2) is 52.5 Å². The second kappa shape index (κ2) is 7.55. The normalized spacial score (nSPS) is 12.0. The van der Waals surface area contributed by atoms with Gasteiger partial charge in [0.1, 0.15) is 18.6 Å². The standard InChI is InChI=1S/C17H15NO4S2/c1-24(20)11-12-4-2-5-13(8-12)17(19)22-10-14-9-21-16(18-14)15-6-3-7-23-15/h2-9H,10-11H2,1H3. The molecule has 5 nitrogen and oxygen atoms in total. The van der Waals surface area contributed by atoms with Crippen molar-refractivity contribution >= 4 is 28.1 Å². The van der Waals surface area contributed by atoms with Crippen LogP contribution in [0.5, 0.6) is 0 Å². The van der Waals surface area contributed by atoms with Gasteiger partial charge in [-0.2, -0.15) is 0 Å². The SMILES string of the molecule is CS(=O)Cc1cccc(C(=O)OCc2coc(-c3cccs3)n2)c1. The highest BCUT2D eigenvalue weighted by Gasteiger charge is 2.12. The molecule has 1 unspecified atom stereocenters. The van der Waals surface area contributed by atoms with Gasteiger partial charge in [-0.25, -0.2) is 9.78 Å². The second-order valence-electron chi connectivity index (χ2n) is 5.12. The molecular weight excluding hydrogens is 346 g/mol. The fraction of sp³-hybridized carbons (Fsp3) is 0.176. The first-order valence-corrected chi connectivity index (χ1v) is 9.77. The average molecular weight is 361 g/mol. The zero-order valence-corrected chi connectivity index (χ0v) is 14.6. The highest BCUT2D eigenvalue weighted by Crippen LogP contribution is 2.23. The first-order chi connectivity index (χ1) is 11.6. The minimum atomic E-state index is -0.957. The van der Waals surface area contributed by atoms with Gasteiger partial charge in [-0.15, -0.1) is 11.3 Å². The maximum atomic E-state index is 12.1. The van der Waals surface area contributed by atoms with Crippen LogP contribution >= 0.6 is 11.3 Å². The van der Waals surface area contributed by atoms with Crippen molar-refractivity contribution in [1.29, 1.82) is 0 Å². The third kappa shape index (κ3) is 4.18. The van der Waals surface area contributed by atoms with Gasteiger partial charge in [0.2, 0.25) is 5.89 Å². The summed E-state index contributed by atoms with van der Waals surface area (Å²) in [5.41, 5.74) is 1.82. The molecule has 2 aromatic heterocycles. The van der Waals surface area contributed by atoms with E-state index < -0.39 is 16.8 Å². The smallest absolute Gasteiger partial charge is 0.338 e. The lowest BCUT2D eigenvalue weighted by atomic mass is 10.1. The Hall–Kier alpha value is -2.25. The van der Waals surface area contributed by atoms with E-state index in [1.54, 1.807) is 24.5 Å². The van der Waals surface area contributed by atoms with E-state index in [0.29, 0.717) is 22.9 Å². The van der Waals surface area contributed by atoms with Gasteiger partial charge >= 0.3 is 5.97 Å². The summed E-state index contributed by atoms with van der Waals surface area (Å²) in [6.07, 6.45) is 3.11. The Kier molecular flexibility index (Phi) is 5.22. The van der Waals surface area contributed by atoms with Crippen LogP contribution in [0, 0.1) is 0 Å². The van der Waals surface area contributed by atoms with E-state index >= 15 is 0 Å². The maximum Gasteiger partial charge on any atom is 0.338 e. The van der Waals surface area contributed by atoms with Crippen LogP contribution in [0.2, 0.25) is 0 Å². The monoisotopic (exact) mass is 361 g/mol. The molecule has 0 saturated heterocycles. The lowest BCUT2D eigenvalue weighted by Crippen LogP contribution is -2.06. The Balaban J connectivity index is 1.62. The summed E-state index contributed by atoms with van der Waals surface area (Å²) in [7, 11) is -0.957. The number of esters is 1. The number of hydrogen-bond donors (Lipinski definition) is 0. The van der Waals surface area contributed by atoms with Crippen LogP contribution in [0.25, 0.3) is 10.8 Å². The highest BCUT2D eigenvalue weighted by molar-refractivity contribution is 7.83. The second-order valence-corrected chi connectivity index (χ2v) is 7.50.